The Morgan fingerprint density at radius 1 is 1.43 bits per heavy atom. The molecule has 1 aromatic heterocycles. The zero-order valence-corrected chi connectivity index (χ0v) is 13.8. The summed E-state index contributed by atoms with van der Waals surface area (Å²) in [5, 5.41) is 5.01. The van der Waals surface area contributed by atoms with Crippen molar-refractivity contribution in [2.24, 2.45) is 0 Å². The molecule has 0 spiro atoms. The Labute approximate surface area is 130 Å². The van der Waals surface area contributed by atoms with E-state index in [1.807, 2.05) is 0 Å². The maximum Gasteiger partial charge on any atom is 0.241 e. The third-order valence-corrected chi connectivity index (χ3v) is 6.63. The minimum atomic E-state index is -3.42. The molecule has 3 unspecified atom stereocenters. The van der Waals surface area contributed by atoms with Crippen molar-refractivity contribution in [3.8, 4) is 0 Å². The normalized spacial score (nSPS) is 28.3. The first-order valence-electron chi connectivity index (χ1n) is 7.54. The molecule has 3 heterocycles. The van der Waals surface area contributed by atoms with Gasteiger partial charge in [0, 0.05) is 16.8 Å². The van der Waals surface area contributed by atoms with E-state index in [4.69, 9.17) is 4.74 Å². The van der Waals surface area contributed by atoms with Gasteiger partial charge in [0.25, 0.3) is 0 Å². The lowest BCUT2D eigenvalue weighted by Crippen LogP contribution is -2.41. The molecule has 3 rings (SSSR count). The molecule has 1 aromatic rings. The van der Waals surface area contributed by atoms with Gasteiger partial charge in [-0.25, -0.2) is 13.1 Å². The summed E-state index contributed by atoms with van der Waals surface area (Å²) in [4.78, 5) is 1.43. The van der Waals surface area contributed by atoms with Gasteiger partial charge >= 0.3 is 0 Å². The van der Waals surface area contributed by atoms with Crippen molar-refractivity contribution in [2.45, 2.75) is 62.3 Å². The van der Waals surface area contributed by atoms with Crippen LogP contribution >= 0.6 is 11.3 Å². The Balaban J connectivity index is 1.62. The molecule has 2 bridgehead atoms. The molecule has 3 atom stereocenters. The third-order valence-electron chi connectivity index (χ3n) is 4.08. The fourth-order valence-corrected chi connectivity index (χ4v) is 5.53. The predicted molar refractivity (Wildman–Crippen MR) is 82.9 cm³/mol. The van der Waals surface area contributed by atoms with Crippen molar-refractivity contribution in [3.05, 3.63) is 16.3 Å². The summed E-state index contributed by atoms with van der Waals surface area (Å²) < 4.78 is 33.4. The molecule has 5 nitrogen and oxygen atoms in total. The lowest BCUT2D eigenvalue weighted by atomic mass is 9.96. The van der Waals surface area contributed by atoms with Crippen LogP contribution in [-0.4, -0.2) is 33.2 Å². The highest BCUT2D eigenvalue weighted by atomic mass is 32.2. The van der Waals surface area contributed by atoms with Gasteiger partial charge in [0.1, 0.15) is 0 Å². The van der Waals surface area contributed by atoms with Gasteiger partial charge < -0.3 is 10.1 Å². The van der Waals surface area contributed by atoms with E-state index in [1.54, 1.807) is 11.4 Å². The third kappa shape index (κ3) is 3.48. The van der Waals surface area contributed by atoms with Crippen LogP contribution in [0.25, 0.3) is 0 Å². The molecule has 118 valence electrons. The fraction of sp³-hybridized carbons (Fsp3) is 0.714. The molecule has 0 aromatic carbocycles. The second-order valence-corrected chi connectivity index (χ2v) is 8.47. The zero-order chi connectivity index (χ0) is 14.9. The lowest BCUT2D eigenvalue weighted by molar-refractivity contribution is 0.0996. The summed E-state index contributed by atoms with van der Waals surface area (Å²) in [6.45, 7) is 3.78. The standard InChI is InChI=1S/C14H22N2O3S2/c1-2-5-15-8-11-7-12(9-20-11)21(17,18)16-13-6-10-3-4-14(13)19-10/h7,9-10,13-16H,2-6,8H2,1H3. The molecule has 7 heteroatoms. The maximum absolute atomic E-state index is 12.4. The smallest absolute Gasteiger partial charge is 0.241 e. The van der Waals surface area contributed by atoms with Crippen LogP contribution in [0.15, 0.2) is 16.3 Å². The van der Waals surface area contributed by atoms with Crippen molar-refractivity contribution in [1.82, 2.24) is 10.0 Å². The minimum absolute atomic E-state index is 0.0599. The van der Waals surface area contributed by atoms with Gasteiger partial charge in [-0.3, -0.25) is 0 Å². The van der Waals surface area contributed by atoms with E-state index in [0.717, 1.165) is 43.6 Å². The number of fused-ring (bicyclic) bond motifs is 2. The number of ether oxygens (including phenoxy) is 1. The van der Waals surface area contributed by atoms with Gasteiger partial charge in [0.15, 0.2) is 0 Å². The Bertz CT molecular complexity index is 585. The Morgan fingerprint density at radius 3 is 2.95 bits per heavy atom. The number of hydrogen-bond donors (Lipinski definition) is 2. The van der Waals surface area contributed by atoms with Gasteiger partial charge in [-0.05, 0) is 38.3 Å². The van der Waals surface area contributed by atoms with E-state index in [1.165, 1.54) is 11.3 Å². The molecule has 0 saturated carbocycles. The Morgan fingerprint density at radius 2 is 2.29 bits per heavy atom. The van der Waals surface area contributed by atoms with Gasteiger partial charge in [-0.2, -0.15) is 0 Å². The number of sulfonamides is 1. The highest BCUT2D eigenvalue weighted by molar-refractivity contribution is 7.89. The van der Waals surface area contributed by atoms with Crippen LogP contribution in [0.1, 0.15) is 37.5 Å². The van der Waals surface area contributed by atoms with Crippen molar-refractivity contribution in [2.75, 3.05) is 6.54 Å². The monoisotopic (exact) mass is 330 g/mol. The summed E-state index contributed by atoms with van der Waals surface area (Å²) in [5.41, 5.74) is 0. The average Bonchev–Trinajstić information content (AvgIpc) is 3.13. The Hall–Kier alpha value is -0.470. The van der Waals surface area contributed by atoms with Gasteiger partial charge in [0.2, 0.25) is 10.0 Å². The second kappa shape index (κ2) is 6.34. The number of thiophene rings is 1. The summed E-state index contributed by atoms with van der Waals surface area (Å²) in [6.07, 6.45) is 4.22. The number of hydrogen-bond acceptors (Lipinski definition) is 5. The summed E-state index contributed by atoms with van der Waals surface area (Å²) in [6, 6.07) is 1.71. The molecule has 0 radical (unpaired) electrons. The maximum atomic E-state index is 12.4. The van der Waals surface area contributed by atoms with E-state index in [2.05, 4.69) is 17.0 Å². The van der Waals surface area contributed by atoms with Crippen LogP contribution in [0.3, 0.4) is 0 Å². The van der Waals surface area contributed by atoms with Crippen molar-refractivity contribution >= 4 is 21.4 Å². The summed E-state index contributed by atoms with van der Waals surface area (Å²) in [7, 11) is -3.42. The molecule has 0 aliphatic carbocycles. The quantitative estimate of drug-likeness (QED) is 0.749. The van der Waals surface area contributed by atoms with E-state index in [0.29, 0.717) is 4.90 Å². The average molecular weight is 330 g/mol. The van der Waals surface area contributed by atoms with Crippen molar-refractivity contribution in [1.29, 1.82) is 0 Å². The molecule has 0 amide bonds. The van der Waals surface area contributed by atoms with Gasteiger partial charge in [-0.15, -0.1) is 11.3 Å². The molecule has 2 aliphatic heterocycles. The largest absolute Gasteiger partial charge is 0.373 e. The number of rotatable bonds is 7. The lowest BCUT2D eigenvalue weighted by Gasteiger charge is -2.19. The van der Waals surface area contributed by atoms with Crippen LogP contribution in [-0.2, 0) is 21.3 Å². The van der Waals surface area contributed by atoms with Gasteiger partial charge in [0.05, 0.1) is 23.1 Å². The first-order chi connectivity index (χ1) is 10.1. The Kier molecular flexibility index (Phi) is 4.66. The molecule has 21 heavy (non-hydrogen) atoms. The molecule has 2 aliphatic rings. The first kappa shape index (κ1) is 15.4. The second-order valence-electron chi connectivity index (χ2n) is 5.76. The highest BCUT2D eigenvalue weighted by Gasteiger charge is 2.42. The molecule has 2 N–H and O–H groups in total. The van der Waals surface area contributed by atoms with Crippen LogP contribution < -0.4 is 10.0 Å². The van der Waals surface area contributed by atoms with E-state index < -0.39 is 10.0 Å². The first-order valence-corrected chi connectivity index (χ1v) is 9.90. The van der Waals surface area contributed by atoms with Crippen LogP contribution in [0.5, 0.6) is 0 Å². The molecular weight excluding hydrogens is 308 g/mol. The molecule has 2 saturated heterocycles. The predicted octanol–water partition coefficient (Wildman–Crippen LogP) is 1.85. The SMILES string of the molecule is CCCNCc1cc(S(=O)(=O)NC2CC3CCC2O3)cs1. The highest BCUT2D eigenvalue weighted by Crippen LogP contribution is 2.35. The van der Waals surface area contributed by atoms with Gasteiger partial charge in [-0.1, -0.05) is 6.92 Å². The van der Waals surface area contributed by atoms with Crippen LogP contribution in [0, 0.1) is 0 Å². The zero-order valence-electron chi connectivity index (χ0n) is 12.2. The topological polar surface area (TPSA) is 67.4 Å². The summed E-state index contributed by atoms with van der Waals surface area (Å²) in [5.74, 6) is 0. The van der Waals surface area contributed by atoms with E-state index in [9.17, 15) is 8.42 Å². The van der Waals surface area contributed by atoms with Crippen LogP contribution in [0.2, 0.25) is 0 Å². The molecule has 2 fully saturated rings. The number of nitrogens with one attached hydrogen (secondary N) is 2. The molecular formula is C14H22N2O3S2. The van der Waals surface area contributed by atoms with Crippen LogP contribution in [0.4, 0.5) is 0 Å². The fourth-order valence-electron chi connectivity index (χ4n) is 3.01. The van der Waals surface area contributed by atoms with Crippen molar-refractivity contribution in [3.63, 3.8) is 0 Å². The van der Waals surface area contributed by atoms with E-state index in [-0.39, 0.29) is 18.2 Å². The van der Waals surface area contributed by atoms with E-state index >= 15 is 0 Å². The summed E-state index contributed by atoms with van der Waals surface area (Å²) >= 11 is 1.49. The van der Waals surface area contributed by atoms with Crippen molar-refractivity contribution < 1.29 is 13.2 Å². The minimum Gasteiger partial charge on any atom is -0.373 e.